The minimum atomic E-state index is -2.22. The molecule has 15 atom stereocenters. The number of ether oxygens (including phenoxy) is 4. The lowest BCUT2D eigenvalue weighted by Crippen LogP contribution is -2.56. The summed E-state index contributed by atoms with van der Waals surface area (Å²) in [6.45, 7) is 10.6. The lowest BCUT2D eigenvalue weighted by Gasteiger charge is -2.44. The van der Waals surface area contributed by atoms with Gasteiger partial charge in [-0.1, -0.05) is 98.9 Å². The average molecular weight is 865 g/mol. The first-order chi connectivity index (χ1) is 28.7. The van der Waals surface area contributed by atoms with Crippen LogP contribution in [0.2, 0.25) is 0 Å². The van der Waals surface area contributed by atoms with Gasteiger partial charge in [0.2, 0.25) is 0 Å². The van der Waals surface area contributed by atoms with Gasteiger partial charge in [-0.3, -0.25) is 9.59 Å². The third kappa shape index (κ3) is 21.1. The highest BCUT2D eigenvalue weighted by atomic mass is 16.7. The highest BCUT2D eigenvalue weighted by Crippen LogP contribution is 2.38. The first-order valence-electron chi connectivity index (χ1n) is 21.3. The van der Waals surface area contributed by atoms with Crippen LogP contribution in [0, 0.1) is 17.8 Å². The summed E-state index contributed by atoms with van der Waals surface area (Å²) in [5.74, 6) is -6.43. The van der Waals surface area contributed by atoms with Gasteiger partial charge in [0.05, 0.1) is 67.5 Å². The molecule has 2 heterocycles. The van der Waals surface area contributed by atoms with E-state index in [1.807, 2.05) is 75.5 Å². The summed E-state index contributed by atoms with van der Waals surface area (Å²) >= 11 is 0. The number of hydrogen-bond donors (Lipinski definition) is 9. The van der Waals surface area contributed by atoms with E-state index in [-0.39, 0.29) is 37.7 Å². The Morgan fingerprint density at radius 1 is 0.705 bits per heavy atom. The summed E-state index contributed by atoms with van der Waals surface area (Å²) in [6.07, 6.45) is 9.69. The predicted octanol–water partition coefficient (Wildman–Crippen LogP) is 3.69. The molecule has 2 aliphatic rings. The van der Waals surface area contributed by atoms with E-state index in [9.17, 15) is 55.5 Å². The topological polar surface area (TPSA) is 253 Å². The van der Waals surface area contributed by atoms with E-state index in [1.165, 1.54) is 0 Å². The third-order valence-electron chi connectivity index (χ3n) is 10.6. The number of fused-ring (bicyclic) bond motifs is 2. The maximum atomic E-state index is 12.6. The molecule has 1 saturated heterocycles. The number of aliphatic hydroxyl groups is 8. The standard InChI is InChI=1S/C46H72O15/c1-29(2)58-33(6)60-37-20-18-16-14-12-10-8-7-9-11-13-15-17-19-30(3)44(54)31(4)32(5)59-42(53)25-35(48)23-34(47)21-22-38(50)39(51)24-36(49)27-46(57)28-40(52)43(45(55)56)41(26-37)61-46/h7-20,29-41,43-44,47-52,54,57H,21-28H2,1-6H3,(H,55,56)/b8-7+,11-9+,12-10+,15-13+,16-14+,19-17+,20-18+/t30-,31-,32-,33-,34+,35+,36-,37-,38?,39+,40-,41-,43+,44+,46+/m0/s1. The molecule has 61 heavy (non-hydrogen) atoms. The minimum Gasteiger partial charge on any atom is -0.481 e. The second kappa shape index (κ2) is 27.7. The van der Waals surface area contributed by atoms with Crippen LogP contribution in [-0.2, 0) is 28.5 Å². The number of carboxylic acids is 1. The highest BCUT2D eigenvalue weighted by Gasteiger charge is 2.50. The molecule has 15 heteroatoms. The zero-order valence-electron chi connectivity index (χ0n) is 36.4. The summed E-state index contributed by atoms with van der Waals surface area (Å²) in [5.41, 5.74) is 0. The van der Waals surface area contributed by atoms with E-state index >= 15 is 0 Å². The normalized spacial score (nSPS) is 40.7. The first kappa shape index (κ1) is 53.8. The fraction of sp³-hybridized carbons (Fsp3) is 0.652. The van der Waals surface area contributed by atoms with Gasteiger partial charge in [0, 0.05) is 37.5 Å². The van der Waals surface area contributed by atoms with Crippen molar-refractivity contribution in [2.45, 2.75) is 172 Å². The van der Waals surface area contributed by atoms with Gasteiger partial charge >= 0.3 is 11.9 Å². The van der Waals surface area contributed by atoms with Gasteiger partial charge in [0.25, 0.3) is 0 Å². The Balaban J connectivity index is 2.32. The highest BCUT2D eigenvalue weighted by molar-refractivity contribution is 5.71. The fourth-order valence-corrected chi connectivity index (χ4v) is 7.28. The van der Waals surface area contributed by atoms with Crippen molar-refractivity contribution < 1.29 is 74.5 Å². The molecule has 2 rings (SSSR count). The molecule has 0 aromatic rings. The van der Waals surface area contributed by atoms with Crippen LogP contribution in [0.5, 0.6) is 0 Å². The molecule has 346 valence electrons. The Kier molecular flexibility index (Phi) is 24.4. The summed E-state index contributed by atoms with van der Waals surface area (Å²) in [7, 11) is 0. The first-order valence-corrected chi connectivity index (χ1v) is 21.3. The number of carbonyl (C=O) groups is 2. The van der Waals surface area contributed by atoms with Gasteiger partial charge < -0.3 is 64.9 Å². The number of allylic oxidation sites excluding steroid dienone is 12. The number of rotatable bonds is 5. The van der Waals surface area contributed by atoms with E-state index in [0.29, 0.717) is 0 Å². The molecule has 0 aromatic heterocycles. The Labute approximate surface area is 360 Å². The maximum absolute atomic E-state index is 12.6. The Morgan fingerprint density at radius 2 is 1.26 bits per heavy atom. The Morgan fingerprint density at radius 3 is 1.82 bits per heavy atom. The summed E-state index contributed by atoms with van der Waals surface area (Å²) < 4.78 is 23.2. The molecule has 9 N–H and O–H groups in total. The SMILES string of the molecule is CC(C)O[C@H](C)O[C@H]1/C=C/C=C/C=C/C=C/C=C/C=C/C=C/[C@H](C)[C@@H](O)[C@@H](C)[C@H](C)OC(=O)C[C@H](O)C[C@H](O)CCC(O)[C@H](O)C[C@H](O)C[C@]2(O)C[C@H](O)[C@@H](C(=O)O)[C@H](C1)O2. The molecule has 2 bridgehead atoms. The number of carboxylic acid groups (broad SMARTS) is 1. The van der Waals surface area contributed by atoms with E-state index in [0.717, 1.165) is 0 Å². The molecule has 15 nitrogen and oxygen atoms in total. The van der Waals surface area contributed by atoms with Gasteiger partial charge in [0.1, 0.15) is 12.0 Å². The fourth-order valence-electron chi connectivity index (χ4n) is 7.28. The molecular weight excluding hydrogens is 792 g/mol. The quantitative estimate of drug-likeness (QED) is 0.141. The molecule has 0 amide bonds. The number of aliphatic hydroxyl groups excluding tert-OH is 7. The molecule has 0 aliphatic carbocycles. The van der Waals surface area contributed by atoms with Crippen molar-refractivity contribution in [3.05, 3.63) is 85.1 Å². The van der Waals surface area contributed by atoms with Crippen molar-refractivity contribution in [3.8, 4) is 0 Å². The second-order valence-corrected chi connectivity index (χ2v) is 16.6. The number of hydrogen-bond acceptors (Lipinski definition) is 14. The number of esters is 1. The van der Waals surface area contributed by atoms with E-state index in [2.05, 4.69) is 0 Å². The zero-order valence-corrected chi connectivity index (χ0v) is 36.4. The van der Waals surface area contributed by atoms with Gasteiger partial charge in [-0.15, -0.1) is 0 Å². The van der Waals surface area contributed by atoms with E-state index in [4.69, 9.17) is 18.9 Å². The lowest BCUT2D eigenvalue weighted by molar-refractivity contribution is -0.302. The molecule has 0 radical (unpaired) electrons. The Bertz CT molecular complexity index is 1500. The maximum Gasteiger partial charge on any atom is 0.311 e. The van der Waals surface area contributed by atoms with Gasteiger partial charge in [0.15, 0.2) is 12.1 Å². The van der Waals surface area contributed by atoms with Crippen molar-refractivity contribution >= 4 is 11.9 Å². The van der Waals surface area contributed by atoms with Crippen LogP contribution in [0.3, 0.4) is 0 Å². The van der Waals surface area contributed by atoms with Gasteiger partial charge in [-0.2, -0.15) is 0 Å². The van der Waals surface area contributed by atoms with Crippen LogP contribution < -0.4 is 0 Å². The van der Waals surface area contributed by atoms with Crippen molar-refractivity contribution in [2.24, 2.45) is 17.8 Å². The number of cyclic esters (lactones) is 1. The smallest absolute Gasteiger partial charge is 0.311 e. The van der Waals surface area contributed by atoms with E-state index < -0.39 is 123 Å². The second-order valence-electron chi connectivity index (χ2n) is 16.6. The summed E-state index contributed by atoms with van der Waals surface area (Å²) in [6, 6.07) is 0. The van der Waals surface area contributed by atoms with Crippen LogP contribution in [0.4, 0.5) is 0 Å². The number of carbonyl (C=O) groups excluding carboxylic acids is 1. The summed E-state index contributed by atoms with van der Waals surface area (Å²) in [5, 5.41) is 96.6. The van der Waals surface area contributed by atoms with Crippen LogP contribution in [-0.4, -0.2) is 137 Å². The molecule has 1 unspecified atom stereocenters. The third-order valence-corrected chi connectivity index (χ3v) is 10.6. The molecule has 1 fully saturated rings. The van der Waals surface area contributed by atoms with E-state index in [1.54, 1.807) is 51.2 Å². The largest absolute Gasteiger partial charge is 0.481 e. The monoisotopic (exact) mass is 864 g/mol. The molecular formula is C46H72O15. The van der Waals surface area contributed by atoms with Gasteiger partial charge in [-0.05, 0) is 47.0 Å². The van der Waals surface area contributed by atoms with Crippen LogP contribution >= 0.6 is 0 Å². The van der Waals surface area contributed by atoms with Crippen molar-refractivity contribution in [1.29, 1.82) is 0 Å². The average Bonchev–Trinajstić information content (AvgIpc) is 3.14. The lowest BCUT2D eigenvalue weighted by atomic mass is 9.82. The summed E-state index contributed by atoms with van der Waals surface area (Å²) in [4.78, 5) is 24.9. The van der Waals surface area contributed by atoms with Gasteiger partial charge in [-0.25, -0.2) is 0 Å². The van der Waals surface area contributed by atoms with Crippen molar-refractivity contribution in [2.75, 3.05) is 0 Å². The number of aliphatic carboxylic acids is 1. The van der Waals surface area contributed by atoms with Crippen molar-refractivity contribution in [3.63, 3.8) is 0 Å². The molecule has 0 spiro atoms. The molecule has 0 saturated carbocycles. The zero-order chi connectivity index (χ0) is 45.7. The van der Waals surface area contributed by atoms with Crippen LogP contribution in [0.1, 0.15) is 92.9 Å². The van der Waals surface area contributed by atoms with Crippen LogP contribution in [0.15, 0.2) is 85.1 Å². The minimum absolute atomic E-state index is 0.0729. The predicted molar refractivity (Wildman–Crippen MR) is 228 cm³/mol. The molecule has 0 aromatic carbocycles. The molecule has 2 aliphatic heterocycles. The van der Waals surface area contributed by atoms with Crippen molar-refractivity contribution in [1.82, 2.24) is 0 Å². The van der Waals surface area contributed by atoms with Crippen LogP contribution in [0.25, 0.3) is 0 Å². The Hall–Kier alpha value is -3.32.